The van der Waals surface area contributed by atoms with Gasteiger partial charge < -0.3 is 14.7 Å². The Morgan fingerprint density at radius 2 is 1.91 bits per heavy atom. The zero-order chi connectivity index (χ0) is 33.0. The van der Waals surface area contributed by atoms with Crippen molar-refractivity contribution in [2.24, 2.45) is 0 Å². The number of phenols is 1. The number of terminal acetylenes is 1. The van der Waals surface area contributed by atoms with Crippen molar-refractivity contribution in [2.75, 3.05) is 51.8 Å². The number of rotatable bonds is 7. The van der Waals surface area contributed by atoms with Gasteiger partial charge in [0.2, 0.25) is 0 Å². The summed E-state index contributed by atoms with van der Waals surface area (Å²) in [5, 5.41) is 11.7. The van der Waals surface area contributed by atoms with Crippen LogP contribution in [0.5, 0.6) is 11.8 Å². The topological polar surface area (TPSA) is 82.0 Å². The van der Waals surface area contributed by atoms with E-state index in [0.29, 0.717) is 60.9 Å². The number of benzene rings is 3. The summed E-state index contributed by atoms with van der Waals surface area (Å²) in [5.74, 6) is 1.40. The zero-order valence-corrected chi connectivity index (χ0v) is 27.1. The Labute approximate surface area is 274 Å². The molecule has 0 saturated carbocycles. The lowest BCUT2D eigenvalue weighted by molar-refractivity contribution is 0.107. The van der Waals surface area contributed by atoms with Crippen molar-refractivity contribution in [3.8, 4) is 35.2 Å². The molecule has 0 aliphatic carbocycles. The third-order valence-electron chi connectivity index (χ3n) is 9.87. The van der Waals surface area contributed by atoms with Gasteiger partial charge in [-0.2, -0.15) is 9.97 Å². The maximum absolute atomic E-state index is 16.8. The summed E-state index contributed by atoms with van der Waals surface area (Å²) in [6, 6.07) is 8.78. The highest BCUT2D eigenvalue weighted by molar-refractivity contribution is 7.83. The van der Waals surface area contributed by atoms with Crippen LogP contribution in [0.25, 0.3) is 32.8 Å². The summed E-state index contributed by atoms with van der Waals surface area (Å²) in [7, 11) is 2.46. The fourth-order valence-corrected chi connectivity index (χ4v) is 8.84. The van der Waals surface area contributed by atoms with Crippen LogP contribution in [0.3, 0.4) is 0 Å². The molecule has 3 aliphatic heterocycles. The fraction of sp³-hybridized carbons (Fsp3) is 0.429. The molecule has 3 fully saturated rings. The Hall–Kier alpha value is -3.92. The standard InChI is InChI=1S/C35H36F3N5O3S/c1-4-25-29(37)9-6-21-16-23(44)17-28(30(21)25)26-7-8-27-32(31(26)38)39-34(46-20-35-12-5-13-43(35)19-22(36)18-35)40-33(27)42-14-10-24(11-15-42)47(45)41(2)3/h1,6-9,16-17,22,24,44H,5,10-15,18-20H2,2-3H3. The van der Waals surface area contributed by atoms with Gasteiger partial charge in [0.25, 0.3) is 0 Å². The number of piperidine rings is 1. The van der Waals surface area contributed by atoms with Crippen LogP contribution in [-0.4, -0.2) is 92.3 Å². The van der Waals surface area contributed by atoms with Crippen molar-refractivity contribution in [2.45, 2.75) is 49.1 Å². The van der Waals surface area contributed by atoms with Gasteiger partial charge in [0.05, 0.1) is 27.3 Å². The van der Waals surface area contributed by atoms with Gasteiger partial charge in [-0.25, -0.2) is 21.7 Å². The Morgan fingerprint density at radius 3 is 2.66 bits per heavy atom. The fourth-order valence-electron chi connectivity index (χ4n) is 7.63. The van der Waals surface area contributed by atoms with Crippen molar-refractivity contribution < 1.29 is 27.2 Å². The molecule has 0 amide bonds. The van der Waals surface area contributed by atoms with E-state index in [2.05, 4.69) is 15.8 Å². The van der Waals surface area contributed by atoms with E-state index in [-0.39, 0.29) is 45.8 Å². The number of nitrogens with zero attached hydrogens (tertiary/aromatic N) is 5. The van der Waals surface area contributed by atoms with Gasteiger partial charge in [-0.1, -0.05) is 18.1 Å². The van der Waals surface area contributed by atoms with Crippen molar-refractivity contribution in [1.29, 1.82) is 0 Å². The summed E-state index contributed by atoms with van der Waals surface area (Å²) in [6.07, 6.45) is 8.16. The lowest BCUT2D eigenvalue weighted by Crippen LogP contribution is -2.43. The molecule has 3 saturated heterocycles. The van der Waals surface area contributed by atoms with E-state index in [1.54, 1.807) is 30.5 Å². The molecule has 7 rings (SSSR count). The molecular formula is C35H36F3N5O3S. The number of hydrogen-bond acceptors (Lipinski definition) is 7. The number of hydrogen-bond donors (Lipinski definition) is 1. The van der Waals surface area contributed by atoms with E-state index in [9.17, 15) is 18.1 Å². The van der Waals surface area contributed by atoms with Crippen molar-refractivity contribution >= 4 is 38.5 Å². The van der Waals surface area contributed by atoms with Gasteiger partial charge in [-0.3, -0.25) is 4.90 Å². The van der Waals surface area contributed by atoms with Crippen LogP contribution in [0.2, 0.25) is 0 Å². The van der Waals surface area contributed by atoms with E-state index in [4.69, 9.17) is 16.1 Å². The Bertz CT molecular complexity index is 1940. The average Bonchev–Trinajstić information content (AvgIpc) is 3.59. The van der Waals surface area contributed by atoms with E-state index in [1.807, 2.05) is 4.90 Å². The van der Waals surface area contributed by atoms with E-state index >= 15 is 4.39 Å². The minimum absolute atomic E-state index is 0.00721. The zero-order valence-electron chi connectivity index (χ0n) is 26.3. The highest BCUT2D eigenvalue weighted by Gasteiger charge is 2.49. The number of aromatic hydroxyl groups is 1. The number of fused-ring (bicyclic) bond motifs is 3. The first-order valence-electron chi connectivity index (χ1n) is 15.9. The van der Waals surface area contributed by atoms with Gasteiger partial charge in [-0.15, -0.1) is 6.42 Å². The minimum Gasteiger partial charge on any atom is -0.508 e. The molecule has 47 heavy (non-hydrogen) atoms. The Balaban J connectivity index is 1.34. The van der Waals surface area contributed by atoms with Crippen molar-refractivity contribution in [3.63, 3.8) is 0 Å². The second-order valence-electron chi connectivity index (χ2n) is 13.0. The molecule has 0 spiro atoms. The summed E-state index contributed by atoms with van der Waals surface area (Å²) < 4.78 is 66.9. The first-order chi connectivity index (χ1) is 22.6. The first-order valence-corrected chi connectivity index (χ1v) is 17.0. The van der Waals surface area contributed by atoms with Crippen LogP contribution >= 0.6 is 0 Å². The molecule has 3 aromatic carbocycles. The quantitative estimate of drug-likeness (QED) is 0.259. The van der Waals surface area contributed by atoms with Gasteiger partial charge in [0.15, 0.2) is 5.82 Å². The summed E-state index contributed by atoms with van der Waals surface area (Å²) in [4.78, 5) is 13.5. The van der Waals surface area contributed by atoms with Crippen LogP contribution in [0, 0.1) is 24.0 Å². The number of phenolic OH excluding ortho intramolecular Hbond substituents is 1. The summed E-state index contributed by atoms with van der Waals surface area (Å²) >= 11 is 0. The molecule has 3 unspecified atom stereocenters. The van der Waals surface area contributed by atoms with Crippen LogP contribution in [-0.2, 0) is 11.0 Å². The summed E-state index contributed by atoms with van der Waals surface area (Å²) in [6.45, 7) is 2.43. The van der Waals surface area contributed by atoms with Crippen LogP contribution < -0.4 is 9.64 Å². The molecule has 8 nitrogen and oxygen atoms in total. The Morgan fingerprint density at radius 1 is 1.13 bits per heavy atom. The lowest BCUT2D eigenvalue weighted by atomic mass is 9.93. The monoisotopic (exact) mass is 663 g/mol. The second kappa shape index (κ2) is 12.3. The van der Waals surface area contributed by atoms with Crippen LogP contribution in [0.1, 0.15) is 37.7 Å². The van der Waals surface area contributed by atoms with Gasteiger partial charge >= 0.3 is 6.01 Å². The van der Waals surface area contributed by atoms with Crippen LogP contribution in [0.4, 0.5) is 19.0 Å². The van der Waals surface area contributed by atoms with E-state index in [0.717, 1.165) is 19.4 Å². The molecule has 0 bridgehead atoms. The van der Waals surface area contributed by atoms with Gasteiger partial charge in [0, 0.05) is 42.4 Å². The third kappa shape index (κ3) is 5.58. The highest BCUT2D eigenvalue weighted by Crippen LogP contribution is 2.42. The SMILES string of the molecule is C#Cc1c(F)ccc2cc(O)cc(-c3ccc4c(N5CCC(S(=O)N(C)C)CC5)nc(OCC56CCCN5CC(F)C6)nc4c3F)c12. The molecule has 1 aromatic heterocycles. The second-order valence-corrected chi connectivity index (χ2v) is 14.9. The lowest BCUT2D eigenvalue weighted by Gasteiger charge is -2.34. The maximum Gasteiger partial charge on any atom is 0.319 e. The molecule has 246 valence electrons. The van der Waals surface area contributed by atoms with E-state index < -0.39 is 34.3 Å². The molecule has 3 atom stereocenters. The number of halogens is 3. The Kier molecular flexibility index (Phi) is 8.27. The molecule has 1 N–H and O–H groups in total. The number of aromatic nitrogens is 2. The maximum atomic E-state index is 16.8. The van der Waals surface area contributed by atoms with Crippen molar-refractivity contribution in [3.05, 3.63) is 53.6 Å². The number of anilines is 1. The van der Waals surface area contributed by atoms with Crippen molar-refractivity contribution in [1.82, 2.24) is 19.2 Å². The third-order valence-corrected chi connectivity index (χ3v) is 11.6. The molecule has 4 heterocycles. The molecule has 4 aromatic rings. The minimum atomic E-state index is -1.13. The largest absolute Gasteiger partial charge is 0.508 e. The predicted octanol–water partition coefficient (Wildman–Crippen LogP) is 5.56. The van der Waals surface area contributed by atoms with E-state index in [1.165, 1.54) is 24.3 Å². The summed E-state index contributed by atoms with van der Waals surface area (Å²) in [5.41, 5.74) is -0.198. The number of alkyl halides is 1. The van der Waals surface area contributed by atoms with Gasteiger partial charge in [0.1, 0.15) is 35.7 Å². The number of ether oxygens (including phenoxy) is 1. The molecular weight excluding hydrogens is 627 g/mol. The highest BCUT2D eigenvalue weighted by atomic mass is 32.2. The smallest absolute Gasteiger partial charge is 0.319 e. The molecule has 0 radical (unpaired) electrons. The average molecular weight is 664 g/mol. The van der Waals surface area contributed by atoms with Crippen LogP contribution in [0.15, 0.2) is 36.4 Å². The molecule has 3 aliphatic rings. The molecule has 12 heteroatoms. The van der Waals surface area contributed by atoms with Gasteiger partial charge in [-0.05, 0) is 81.5 Å². The first kappa shape index (κ1) is 31.7. The normalized spacial score (nSPS) is 22.7. The predicted molar refractivity (Wildman–Crippen MR) is 178 cm³/mol.